The van der Waals surface area contributed by atoms with Crippen molar-refractivity contribution in [3.05, 3.63) is 65.4 Å². The molecule has 0 unspecified atom stereocenters. The number of methoxy groups -OCH3 is 1. The molecule has 6 heteroatoms. The topological polar surface area (TPSA) is 63.6 Å². The molecule has 3 aliphatic rings. The number of hydrogen-bond acceptors (Lipinski definition) is 3. The molecule has 35 heavy (non-hydrogen) atoms. The molecule has 1 N–H and O–H groups in total. The fraction of sp³-hybridized carbons (Fsp3) is 0.448. The monoisotopic (exact) mass is 471 g/mol. The summed E-state index contributed by atoms with van der Waals surface area (Å²) >= 11 is 0. The van der Waals surface area contributed by atoms with Gasteiger partial charge in [-0.15, -0.1) is 0 Å². The van der Waals surface area contributed by atoms with Gasteiger partial charge in [-0.05, 0) is 68.4 Å². The number of amides is 2. The van der Waals surface area contributed by atoms with Crippen molar-refractivity contribution < 1.29 is 14.3 Å². The lowest BCUT2D eigenvalue weighted by molar-refractivity contribution is -0.135. The summed E-state index contributed by atoms with van der Waals surface area (Å²) in [5.41, 5.74) is 3.03. The highest BCUT2D eigenvalue weighted by Gasteiger charge is 2.51. The molecule has 3 aromatic rings. The first-order valence-electron chi connectivity index (χ1n) is 12.9. The Bertz CT molecular complexity index is 1310. The Kier molecular flexibility index (Phi) is 5.35. The molecule has 2 aliphatic carbocycles. The van der Waals surface area contributed by atoms with Gasteiger partial charge in [-0.1, -0.05) is 37.1 Å². The zero-order valence-corrected chi connectivity index (χ0v) is 20.5. The Labute approximate surface area is 206 Å². The maximum atomic E-state index is 14.3. The number of nitrogens with one attached hydrogen (secondary N) is 1. The average molecular weight is 472 g/mol. The Hall–Kier alpha value is -3.28. The maximum Gasteiger partial charge on any atom is 0.271 e. The summed E-state index contributed by atoms with van der Waals surface area (Å²) in [6.07, 6.45) is 7.20. The van der Waals surface area contributed by atoms with Crippen molar-refractivity contribution in [1.82, 2.24) is 14.8 Å². The number of hydrogen-bond donors (Lipinski definition) is 1. The predicted octanol–water partition coefficient (Wildman–Crippen LogP) is 5.00. The number of benzene rings is 2. The number of aryl methyl sites for hydroxylation is 1. The molecular formula is C29H33N3O3. The molecule has 0 radical (unpaired) electrons. The third-order valence-corrected chi connectivity index (χ3v) is 8.38. The molecule has 6 nitrogen and oxygen atoms in total. The second kappa shape index (κ2) is 8.43. The van der Waals surface area contributed by atoms with Crippen LogP contribution < -0.4 is 10.1 Å². The zero-order chi connectivity index (χ0) is 24.2. The summed E-state index contributed by atoms with van der Waals surface area (Å²) in [5, 5.41) is 4.31. The number of ether oxygens (including phenoxy) is 1. The molecule has 0 saturated heterocycles. The molecule has 2 amide bonds. The minimum absolute atomic E-state index is 0.0452. The van der Waals surface area contributed by atoms with Crippen LogP contribution in [0.3, 0.4) is 0 Å². The van der Waals surface area contributed by atoms with Gasteiger partial charge in [0.25, 0.3) is 5.91 Å². The number of carbonyl (C=O) groups excluding carboxylic acids is 2. The SMILES string of the molecule is COc1ccc2cc3n(c2c1)C[C@](C)(C(=O)NC1CCCC1)N([C@H]1CCCc2ccccc21)C3=O. The van der Waals surface area contributed by atoms with Crippen LogP contribution in [0.5, 0.6) is 5.75 Å². The van der Waals surface area contributed by atoms with Crippen LogP contribution in [0.4, 0.5) is 0 Å². The van der Waals surface area contributed by atoms with E-state index in [9.17, 15) is 9.59 Å². The van der Waals surface area contributed by atoms with Crippen LogP contribution in [0.1, 0.15) is 73.1 Å². The van der Waals surface area contributed by atoms with E-state index in [2.05, 4.69) is 23.5 Å². The van der Waals surface area contributed by atoms with Crippen LogP contribution in [0, 0.1) is 0 Å². The first-order valence-corrected chi connectivity index (χ1v) is 12.9. The summed E-state index contributed by atoms with van der Waals surface area (Å²) in [6.45, 7) is 2.38. The van der Waals surface area contributed by atoms with E-state index in [1.165, 1.54) is 11.1 Å². The van der Waals surface area contributed by atoms with Crippen molar-refractivity contribution in [1.29, 1.82) is 0 Å². The van der Waals surface area contributed by atoms with Crippen molar-refractivity contribution in [2.75, 3.05) is 7.11 Å². The van der Waals surface area contributed by atoms with Gasteiger partial charge in [0, 0.05) is 17.5 Å². The van der Waals surface area contributed by atoms with E-state index in [0.29, 0.717) is 12.2 Å². The second-order valence-electron chi connectivity index (χ2n) is 10.6. The Morgan fingerprint density at radius 2 is 1.86 bits per heavy atom. The van der Waals surface area contributed by atoms with E-state index in [0.717, 1.165) is 61.6 Å². The highest BCUT2D eigenvalue weighted by Crippen LogP contribution is 2.43. The average Bonchev–Trinajstić information content (AvgIpc) is 3.51. The number of fused-ring (bicyclic) bond motifs is 4. The first kappa shape index (κ1) is 22.2. The van der Waals surface area contributed by atoms with Crippen LogP contribution in [0.25, 0.3) is 10.9 Å². The van der Waals surface area contributed by atoms with E-state index in [1.54, 1.807) is 7.11 Å². The van der Waals surface area contributed by atoms with Gasteiger partial charge in [0.2, 0.25) is 5.91 Å². The highest BCUT2D eigenvalue weighted by molar-refractivity contribution is 6.04. The minimum Gasteiger partial charge on any atom is -0.497 e. The summed E-state index contributed by atoms with van der Waals surface area (Å²) in [4.78, 5) is 30.3. The molecule has 0 bridgehead atoms. The molecular weight excluding hydrogens is 438 g/mol. The Morgan fingerprint density at radius 1 is 1.06 bits per heavy atom. The third-order valence-electron chi connectivity index (χ3n) is 8.38. The molecule has 2 heterocycles. The lowest BCUT2D eigenvalue weighted by Crippen LogP contribution is -2.65. The van der Waals surface area contributed by atoms with E-state index < -0.39 is 5.54 Å². The van der Waals surface area contributed by atoms with Gasteiger partial charge >= 0.3 is 0 Å². The second-order valence-corrected chi connectivity index (χ2v) is 10.6. The molecule has 0 spiro atoms. The fourth-order valence-electron chi connectivity index (χ4n) is 6.51. The fourth-order valence-corrected chi connectivity index (χ4v) is 6.51. The van der Waals surface area contributed by atoms with E-state index in [1.807, 2.05) is 46.7 Å². The molecule has 2 atom stereocenters. The van der Waals surface area contributed by atoms with Gasteiger partial charge in [-0.3, -0.25) is 9.59 Å². The van der Waals surface area contributed by atoms with Crippen LogP contribution in [-0.2, 0) is 17.8 Å². The highest BCUT2D eigenvalue weighted by atomic mass is 16.5. The number of aromatic nitrogens is 1. The molecule has 1 saturated carbocycles. The molecule has 182 valence electrons. The first-order chi connectivity index (χ1) is 17.0. The number of carbonyl (C=O) groups is 2. The van der Waals surface area contributed by atoms with Crippen molar-refractivity contribution >= 4 is 22.7 Å². The van der Waals surface area contributed by atoms with Crippen LogP contribution in [-0.4, -0.2) is 40.0 Å². The lowest BCUT2D eigenvalue weighted by atomic mass is 9.82. The van der Waals surface area contributed by atoms with E-state index in [4.69, 9.17) is 4.74 Å². The Morgan fingerprint density at radius 3 is 2.66 bits per heavy atom. The van der Waals surface area contributed by atoms with Crippen LogP contribution >= 0.6 is 0 Å². The van der Waals surface area contributed by atoms with Gasteiger partial charge < -0.3 is 19.5 Å². The lowest BCUT2D eigenvalue weighted by Gasteiger charge is -2.49. The molecule has 1 fully saturated rings. The van der Waals surface area contributed by atoms with Crippen molar-refractivity contribution in [2.45, 2.75) is 76.0 Å². The number of rotatable bonds is 4. The Balaban J connectivity index is 1.49. The molecule has 2 aromatic carbocycles. The normalized spacial score (nSPS) is 24.3. The van der Waals surface area contributed by atoms with Crippen LogP contribution in [0.2, 0.25) is 0 Å². The molecule has 1 aromatic heterocycles. The van der Waals surface area contributed by atoms with Crippen molar-refractivity contribution in [3.63, 3.8) is 0 Å². The summed E-state index contributed by atoms with van der Waals surface area (Å²) in [6, 6.07) is 16.3. The summed E-state index contributed by atoms with van der Waals surface area (Å²) in [7, 11) is 1.65. The van der Waals surface area contributed by atoms with Crippen molar-refractivity contribution in [2.24, 2.45) is 0 Å². The van der Waals surface area contributed by atoms with E-state index in [-0.39, 0.29) is 23.9 Å². The summed E-state index contributed by atoms with van der Waals surface area (Å²) < 4.78 is 7.49. The predicted molar refractivity (Wildman–Crippen MR) is 136 cm³/mol. The quantitative estimate of drug-likeness (QED) is 0.582. The van der Waals surface area contributed by atoms with Gasteiger partial charge in [0.05, 0.1) is 25.2 Å². The van der Waals surface area contributed by atoms with Gasteiger partial charge in [-0.25, -0.2) is 0 Å². The van der Waals surface area contributed by atoms with E-state index >= 15 is 0 Å². The molecule has 6 rings (SSSR count). The van der Waals surface area contributed by atoms with Gasteiger partial charge in [0.1, 0.15) is 17.0 Å². The van der Waals surface area contributed by atoms with Crippen LogP contribution in [0.15, 0.2) is 48.5 Å². The number of nitrogens with zero attached hydrogens (tertiary/aromatic N) is 2. The van der Waals surface area contributed by atoms with Gasteiger partial charge in [-0.2, -0.15) is 0 Å². The minimum atomic E-state index is -1.00. The molecule has 1 aliphatic heterocycles. The zero-order valence-electron chi connectivity index (χ0n) is 20.5. The van der Waals surface area contributed by atoms with Gasteiger partial charge in [0.15, 0.2) is 0 Å². The summed E-state index contributed by atoms with van der Waals surface area (Å²) in [5.74, 6) is 0.625. The standard InChI is InChI=1S/C29H33N3O3/c1-29(28(34)30-21-10-4-5-11-21)18-31-25-17-22(35-2)15-14-20(25)16-26(31)27(33)32(29)24-13-7-9-19-8-3-6-12-23(19)24/h3,6,8,12,14-17,21,24H,4-5,7,9-11,13,18H2,1-2H3,(H,30,34)/t24-,29+/m0/s1. The third kappa shape index (κ3) is 3.53. The maximum absolute atomic E-state index is 14.3. The smallest absolute Gasteiger partial charge is 0.271 e. The van der Waals surface area contributed by atoms with Crippen molar-refractivity contribution in [3.8, 4) is 5.75 Å². The largest absolute Gasteiger partial charge is 0.497 e.